The summed E-state index contributed by atoms with van der Waals surface area (Å²) in [7, 11) is 3.57. The van der Waals surface area contributed by atoms with E-state index in [1.807, 2.05) is 0 Å². The van der Waals surface area contributed by atoms with E-state index in [0.29, 0.717) is 17.6 Å². The zero-order valence-electron chi connectivity index (χ0n) is 17.6. The molecular weight excluding hydrogens is 440 g/mol. The molecule has 33 heavy (non-hydrogen) atoms. The lowest BCUT2D eigenvalue weighted by Gasteiger charge is -2.12. The molecule has 170 valence electrons. The lowest BCUT2D eigenvalue weighted by Crippen LogP contribution is -2.19. The van der Waals surface area contributed by atoms with E-state index in [9.17, 15) is 22.4 Å². The summed E-state index contributed by atoms with van der Waals surface area (Å²) >= 11 is 0. The van der Waals surface area contributed by atoms with Crippen molar-refractivity contribution >= 4 is 28.6 Å². The van der Waals surface area contributed by atoms with Crippen LogP contribution in [0.1, 0.15) is 21.6 Å². The van der Waals surface area contributed by atoms with Crippen LogP contribution in [0.4, 0.5) is 29.2 Å². The number of hydrogen-bond donors (Lipinski definition) is 1. The molecule has 1 aromatic carbocycles. The minimum atomic E-state index is -4.59. The second-order valence-electron chi connectivity index (χ2n) is 7.51. The summed E-state index contributed by atoms with van der Waals surface area (Å²) in [5.74, 6) is -0.349. The van der Waals surface area contributed by atoms with Crippen LogP contribution >= 0.6 is 0 Å². The highest BCUT2D eigenvalue weighted by Gasteiger charge is 2.32. The van der Waals surface area contributed by atoms with Crippen molar-refractivity contribution in [1.82, 2.24) is 19.7 Å². The van der Waals surface area contributed by atoms with E-state index in [1.165, 1.54) is 28.8 Å². The third-order valence-electron chi connectivity index (χ3n) is 4.87. The fourth-order valence-electron chi connectivity index (χ4n) is 3.28. The number of pyridine rings is 1. The molecule has 7 nitrogen and oxygen atoms in total. The third kappa shape index (κ3) is 4.76. The quantitative estimate of drug-likeness (QED) is 0.450. The van der Waals surface area contributed by atoms with Gasteiger partial charge in [-0.25, -0.2) is 9.37 Å². The number of nitrogens with zero attached hydrogens (tertiary/aromatic N) is 5. The molecule has 0 saturated carbocycles. The van der Waals surface area contributed by atoms with E-state index in [0.717, 1.165) is 6.07 Å². The van der Waals surface area contributed by atoms with Gasteiger partial charge in [0.05, 0.1) is 5.56 Å². The molecule has 3 heterocycles. The third-order valence-corrected chi connectivity index (χ3v) is 4.87. The summed E-state index contributed by atoms with van der Waals surface area (Å²) in [6.07, 6.45) is -3.88. The van der Waals surface area contributed by atoms with Crippen molar-refractivity contribution in [2.45, 2.75) is 12.7 Å². The van der Waals surface area contributed by atoms with Gasteiger partial charge in [-0.1, -0.05) is 12.1 Å². The monoisotopic (exact) mass is 458 g/mol. The fraction of sp³-hybridized carbons (Fsp3) is 0.182. The zero-order chi connectivity index (χ0) is 23.8. The SMILES string of the molecule is CN(C)c1ccc(NC(=O)c2cc3cc(C(F)(F)F)cnc3n2Cc2cccc(F)c2)nn1. The summed E-state index contributed by atoms with van der Waals surface area (Å²) in [6, 6.07) is 11.2. The van der Waals surface area contributed by atoms with Crippen LogP contribution < -0.4 is 10.2 Å². The normalized spacial score (nSPS) is 11.6. The number of aromatic nitrogens is 4. The van der Waals surface area contributed by atoms with Crippen molar-refractivity contribution in [1.29, 1.82) is 0 Å². The van der Waals surface area contributed by atoms with Crippen LogP contribution in [0.3, 0.4) is 0 Å². The molecule has 1 amide bonds. The van der Waals surface area contributed by atoms with E-state index in [4.69, 9.17) is 0 Å². The Kier molecular flexibility index (Phi) is 5.71. The molecule has 0 radical (unpaired) electrons. The van der Waals surface area contributed by atoms with Crippen LogP contribution in [0.2, 0.25) is 0 Å². The molecule has 0 unspecified atom stereocenters. The Morgan fingerprint density at radius 1 is 1.09 bits per heavy atom. The Hall–Kier alpha value is -4.02. The van der Waals surface area contributed by atoms with Crippen molar-refractivity contribution in [3.8, 4) is 0 Å². The molecule has 0 aliphatic rings. The van der Waals surface area contributed by atoms with Crippen molar-refractivity contribution in [3.05, 3.63) is 77.4 Å². The van der Waals surface area contributed by atoms with Gasteiger partial charge < -0.3 is 14.8 Å². The number of hydrogen-bond acceptors (Lipinski definition) is 5. The Bertz CT molecular complexity index is 1310. The van der Waals surface area contributed by atoms with Gasteiger partial charge in [0.2, 0.25) is 0 Å². The molecular formula is C22H18F4N6O. The Morgan fingerprint density at radius 3 is 2.52 bits per heavy atom. The molecule has 0 fully saturated rings. The molecule has 0 spiro atoms. The first-order valence-electron chi connectivity index (χ1n) is 9.75. The van der Waals surface area contributed by atoms with Crippen molar-refractivity contribution < 1.29 is 22.4 Å². The van der Waals surface area contributed by atoms with Crippen LogP contribution in [-0.4, -0.2) is 39.8 Å². The van der Waals surface area contributed by atoms with E-state index in [1.54, 1.807) is 37.2 Å². The molecule has 0 saturated heterocycles. The molecule has 3 aromatic heterocycles. The van der Waals surface area contributed by atoms with Gasteiger partial charge in [-0.05, 0) is 42.0 Å². The smallest absolute Gasteiger partial charge is 0.361 e. The van der Waals surface area contributed by atoms with Crippen molar-refractivity contribution in [3.63, 3.8) is 0 Å². The number of fused-ring (bicyclic) bond motifs is 1. The number of halogens is 4. The molecule has 11 heteroatoms. The number of carbonyl (C=O) groups is 1. The Labute approximate surface area is 185 Å². The van der Waals surface area contributed by atoms with Crippen LogP contribution in [0.25, 0.3) is 11.0 Å². The second-order valence-corrected chi connectivity index (χ2v) is 7.51. The van der Waals surface area contributed by atoms with Crippen molar-refractivity contribution in [2.75, 3.05) is 24.3 Å². The first kappa shape index (κ1) is 22.2. The number of nitrogens with one attached hydrogen (secondary N) is 1. The predicted octanol–water partition coefficient (Wildman–Crippen LogP) is 4.35. The summed E-state index contributed by atoms with van der Waals surface area (Å²) in [4.78, 5) is 18.7. The summed E-state index contributed by atoms with van der Waals surface area (Å²) < 4.78 is 54.6. The van der Waals surface area contributed by atoms with Crippen LogP contribution in [0.15, 0.2) is 54.7 Å². The molecule has 0 bridgehead atoms. The van der Waals surface area contributed by atoms with Gasteiger partial charge in [0, 0.05) is 32.2 Å². The number of carbonyl (C=O) groups excluding carboxylic acids is 1. The van der Waals surface area contributed by atoms with Crippen LogP contribution in [0, 0.1) is 5.82 Å². The molecule has 4 aromatic rings. The number of rotatable bonds is 5. The highest BCUT2D eigenvalue weighted by Crippen LogP contribution is 2.31. The maximum Gasteiger partial charge on any atom is 0.417 e. The summed E-state index contributed by atoms with van der Waals surface area (Å²) in [6.45, 7) is 0.0215. The Balaban J connectivity index is 1.75. The number of benzene rings is 1. The van der Waals surface area contributed by atoms with Gasteiger partial charge in [-0.3, -0.25) is 4.79 Å². The minimum Gasteiger partial charge on any atom is -0.361 e. The molecule has 4 rings (SSSR count). The van der Waals surface area contributed by atoms with Gasteiger partial charge >= 0.3 is 6.18 Å². The standard InChI is InChI=1S/C22H18F4N6O/c1-31(2)19-7-6-18(29-30-19)28-21(33)17-10-14-9-15(22(24,25)26)11-27-20(14)32(17)12-13-4-3-5-16(23)8-13/h3-11H,12H2,1-2H3,(H,28,29,33). The topological polar surface area (TPSA) is 75.9 Å². The Morgan fingerprint density at radius 2 is 1.88 bits per heavy atom. The fourth-order valence-corrected chi connectivity index (χ4v) is 3.28. The van der Waals surface area contributed by atoms with Gasteiger partial charge in [0.1, 0.15) is 17.2 Å². The van der Waals surface area contributed by atoms with E-state index >= 15 is 0 Å². The van der Waals surface area contributed by atoms with E-state index in [2.05, 4.69) is 20.5 Å². The first-order chi connectivity index (χ1) is 15.6. The van der Waals surface area contributed by atoms with E-state index < -0.39 is 23.5 Å². The van der Waals surface area contributed by atoms with Gasteiger partial charge in [0.25, 0.3) is 5.91 Å². The first-order valence-corrected chi connectivity index (χ1v) is 9.75. The predicted molar refractivity (Wildman–Crippen MR) is 115 cm³/mol. The van der Waals surface area contributed by atoms with Gasteiger partial charge in [-0.2, -0.15) is 13.2 Å². The summed E-state index contributed by atoms with van der Waals surface area (Å²) in [5, 5.41) is 10.6. The van der Waals surface area contributed by atoms with Gasteiger partial charge in [-0.15, -0.1) is 10.2 Å². The van der Waals surface area contributed by atoms with Gasteiger partial charge in [0.15, 0.2) is 11.6 Å². The summed E-state index contributed by atoms with van der Waals surface area (Å²) in [5.41, 5.74) is -0.223. The minimum absolute atomic E-state index is 0.0215. The molecule has 0 aliphatic carbocycles. The van der Waals surface area contributed by atoms with E-state index in [-0.39, 0.29) is 29.1 Å². The highest BCUT2D eigenvalue weighted by molar-refractivity contribution is 6.05. The largest absolute Gasteiger partial charge is 0.417 e. The number of anilines is 2. The highest BCUT2D eigenvalue weighted by atomic mass is 19.4. The number of alkyl halides is 3. The zero-order valence-corrected chi connectivity index (χ0v) is 17.6. The maximum atomic E-state index is 13.7. The van der Waals surface area contributed by atoms with Crippen molar-refractivity contribution in [2.24, 2.45) is 0 Å². The van der Waals surface area contributed by atoms with Crippen LogP contribution in [-0.2, 0) is 12.7 Å². The molecule has 0 aliphatic heterocycles. The average Bonchev–Trinajstić information content (AvgIpc) is 3.11. The molecule has 0 atom stereocenters. The van der Waals surface area contributed by atoms with Crippen LogP contribution in [0.5, 0.6) is 0 Å². The second kappa shape index (κ2) is 8.49. The lowest BCUT2D eigenvalue weighted by atomic mass is 10.2. The molecule has 1 N–H and O–H groups in total. The average molecular weight is 458 g/mol. The maximum absolute atomic E-state index is 13.7. The number of amides is 1. The lowest BCUT2D eigenvalue weighted by molar-refractivity contribution is -0.137.